The molecule has 0 bridgehead atoms. The lowest BCUT2D eigenvalue weighted by atomic mass is 9.80. The lowest BCUT2D eigenvalue weighted by Gasteiger charge is -2.31. The Morgan fingerprint density at radius 1 is 1.53 bits per heavy atom. The number of hydrogen-bond acceptors (Lipinski definition) is 1. The minimum absolute atomic E-state index is 0.111. The van der Waals surface area contributed by atoms with Crippen LogP contribution >= 0.6 is 15.9 Å². The SMILES string of the molecule is CC(NC(=O)c1ccc(Br)cc1F)C1CCC1. The maximum atomic E-state index is 13.6. The topological polar surface area (TPSA) is 29.1 Å². The second-order valence-electron chi connectivity index (χ2n) is 4.58. The Bertz CT molecular complexity index is 431. The Hall–Kier alpha value is -0.900. The van der Waals surface area contributed by atoms with Gasteiger partial charge in [0.2, 0.25) is 0 Å². The van der Waals surface area contributed by atoms with Gasteiger partial charge in [0.25, 0.3) is 5.91 Å². The van der Waals surface area contributed by atoms with Gasteiger partial charge in [-0.15, -0.1) is 0 Å². The monoisotopic (exact) mass is 299 g/mol. The van der Waals surface area contributed by atoms with Gasteiger partial charge in [-0.05, 0) is 43.9 Å². The van der Waals surface area contributed by atoms with Crippen LogP contribution in [0, 0.1) is 11.7 Å². The highest BCUT2D eigenvalue weighted by atomic mass is 79.9. The minimum Gasteiger partial charge on any atom is -0.349 e. The van der Waals surface area contributed by atoms with E-state index in [0.29, 0.717) is 10.4 Å². The first-order valence-electron chi connectivity index (χ1n) is 5.84. The van der Waals surface area contributed by atoms with Crippen LogP contribution in [0.3, 0.4) is 0 Å². The van der Waals surface area contributed by atoms with Crippen LogP contribution in [0.4, 0.5) is 4.39 Å². The molecule has 4 heteroatoms. The molecule has 1 fully saturated rings. The summed E-state index contributed by atoms with van der Waals surface area (Å²) >= 11 is 3.17. The zero-order chi connectivity index (χ0) is 12.4. The molecule has 1 atom stereocenters. The molecule has 1 amide bonds. The van der Waals surface area contributed by atoms with E-state index in [9.17, 15) is 9.18 Å². The molecule has 0 saturated heterocycles. The van der Waals surface area contributed by atoms with Crippen molar-refractivity contribution in [3.63, 3.8) is 0 Å². The van der Waals surface area contributed by atoms with E-state index in [1.54, 1.807) is 6.07 Å². The average Bonchev–Trinajstić information content (AvgIpc) is 2.13. The highest BCUT2D eigenvalue weighted by Crippen LogP contribution is 2.29. The van der Waals surface area contributed by atoms with Crippen molar-refractivity contribution in [2.75, 3.05) is 0 Å². The van der Waals surface area contributed by atoms with Crippen molar-refractivity contribution in [3.8, 4) is 0 Å². The average molecular weight is 300 g/mol. The summed E-state index contributed by atoms with van der Waals surface area (Å²) in [6.45, 7) is 1.98. The molecule has 1 aliphatic carbocycles. The van der Waals surface area contributed by atoms with Crippen LogP contribution in [0.5, 0.6) is 0 Å². The highest BCUT2D eigenvalue weighted by molar-refractivity contribution is 9.10. The molecule has 1 unspecified atom stereocenters. The van der Waals surface area contributed by atoms with E-state index in [1.807, 2.05) is 6.92 Å². The van der Waals surface area contributed by atoms with Crippen molar-refractivity contribution >= 4 is 21.8 Å². The number of carbonyl (C=O) groups is 1. The Balaban J connectivity index is 2.03. The first kappa shape index (κ1) is 12.6. The molecule has 1 saturated carbocycles. The van der Waals surface area contributed by atoms with Crippen LogP contribution in [0.1, 0.15) is 36.5 Å². The van der Waals surface area contributed by atoms with Crippen molar-refractivity contribution < 1.29 is 9.18 Å². The van der Waals surface area contributed by atoms with E-state index in [2.05, 4.69) is 21.2 Å². The first-order valence-corrected chi connectivity index (χ1v) is 6.63. The smallest absolute Gasteiger partial charge is 0.254 e. The van der Waals surface area contributed by atoms with E-state index < -0.39 is 5.82 Å². The normalized spacial score (nSPS) is 17.4. The molecule has 0 radical (unpaired) electrons. The quantitative estimate of drug-likeness (QED) is 0.909. The van der Waals surface area contributed by atoms with Crippen molar-refractivity contribution in [1.82, 2.24) is 5.32 Å². The van der Waals surface area contributed by atoms with E-state index in [4.69, 9.17) is 0 Å². The van der Waals surface area contributed by atoms with Crippen molar-refractivity contribution in [2.24, 2.45) is 5.92 Å². The van der Waals surface area contributed by atoms with Crippen LogP contribution in [-0.2, 0) is 0 Å². The molecule has 2 rings (SSSR count). The Kier molecular flexibility index (Phi) is 3.82. The van der Waals surface area contributed by atoms with Gasteiger partial charge in [-0.25, -0.2) is 4.39 Å². The number of carbonyl (C=O) groups excluding carboxylic acids is 1. The summed E-state index contributed by atoms with van der Waals surface area (Å²) in [5.74, 6) is -0.260. The van der Waals surface area contributed by atoms with E-state index in [1.165, 1.54) is 18.6 Å². The van der Waals surface area contributed by atoms with Crippen LogP contribution in [0.15, 0.2) is 22.7 Å². The van der Waals surface area contributed by atoms with Gasteiger partial charge in [0.1, 0.15) is 5.82 Å². The summed E-state index contributed by atoms with van der Waals surface area (Å²) in [7, 11) is 0. The molecule has 92 valence electrons. The number of benzene rings is 1. The van der Waals surface area contributed by atoms with Crippen molar-refractivity contribution in [2.45, 2.75) is 32.2 Å². The van der Waals surface area contributed by atoms with Gasteiger partial charge < -0.3 is 5.32 Å². The summed E-state index contributed by atoms with van der Waals surface area (Å²) in [5, 5.41) is 2.86. The summed E-state index contributed by atoms with van der Waals surface area (Å²) in [6.07, 6.45) is 3.55. The van der Waals surface area contributed by atoms with Gasteiger partial charge >= 0.3 is 0 Å². The van der Waals surface area contributed by atoms with E-state index in [-0.39, 0.29) is 17.5 Å². The zero-order valence-corrected chi connectivity index (χ0v) is 11.3. The number of hydrogen-bond donors (Lipinski definition) is 1. The van der Waals surface area contributed by atoms with Gasteiger partial charge in [0.15, 0.2) is 0 Å². The zero-order valence-electron chi connectivity index (χ0n) is 9.67. The summed E-state index contributed by atoms with van der Waals surface area (Å²) in [6, 6.07) is 4.61. The molecule has 0 heterocycles. The fraction of sp³-hybridized carbons (Fsp3) is 0.462. The highest BCUT2D eigenvalue weighted by Gasteiger charge is 2.25. The predicted molar refractivity (Wildman–Crippen MR) is 68.4 cm³/mol. The summed E-state index contributed by atoms with van der Waals surface area (Å²) in [4.78, 5) is 11.9. The van der Waals surface area contributed by atoms with E-state index >= 15 is 0 Å². The van der Waals surface area contributed by atoms with Crippen molar-refractivity contribution in [3.05, 3.63) is 34.1 Å². The Morgan fingerprint density at radius 3 is 2.76 bits per heavy atom. The van der Waals surface area contributed by atoms with Crippen LogP contribution < -0.4 is 5.32 Å². The number of rotatable bonds is 3. The maximum Gasteiger partial charge on any atom is 0.254 e. The minimum atomic E-state index is -0.488. The Morgan fingerprint density at radius 2 is 2.24 bits per heavy atom. The standard InChI is InChI=1S/C13H15BrFNO/c1-8(9-3-2-4-9)16-13(17)11-6-5-10(14)7-12(11)15/h5-9H,2-4H2,1H3,(H,16,17). The molecular weight excluding hydrogens is 285 g/mol. The molecule has 1 aliphatic rings. The van der Waals surface area contributed by atoms with E-state index in [0.717, 1.165) is 12.8 Å². The van der Waals surface area contributed by atoms with Crippen LogP contribution in [0.25, 0.3) is 0 Å². The molecule has 17 heavy (non-hydrogen) atoms. The number of amides is 1. The third kappa shape index (κ3) is 2.86. The van der Waals surface area contributed by atoms with Crippen molar-refractivity contribution in [1.29, 1.82) is 0 Å². The number of nitrogens with one attached hydrogen (secondary N) is 1. The molecule has 0 aromatic heterocycles. The molecule has 2 nitrogen and oxygen atoms in total. The molecule has 1 aromatic carbocycles. The largest absolute Gasteiger partial charge is 0.349 e. The lowest BCUT2D eigenvalue weighted by molar-refractivity contribution is 0.0905. The molecular formula is C13H15BrFNO. The predicted octanol–water partition coefficient (Wildman–Crippen LogP) is 3.51. The summed E-state index contributed by atoms with van der Waals surface area (Å²) in [5.41, 5.74) is 0.111. The molecule has 1 N–H and O–H groups in total. The third-order valence-corrected chi connectivity index (χ3v) is 3.88. The van der Waals surface area contributed by atoms with Gasteiger partial charge in [0, 0.05) is 10.5 Å². The van der Waals surface area contributed by atoms with Gasteiger partial charge in [-0.1, -0.05) is 22.4 Å². The number of halogens is 2. The van der Waals surface area contributed by atoms with Crippen LogP contribution in [0.2, 0.25) is 0 Å². The second kappa shape index (κ2) is 5.17. The molecule has 0 spiro atoms. The van der Waals surface area contributed by atoms with Gasteiger partial charge in [-0.2, -0.15) is 0 Å². The fourth-order valence-corrected chi connectivity index (χ4v) is 2.35. The fourth-order valence-electron chi connectivity index (χ4n) is 2.02. The third-order valence-electron chi connectivity index (χ3n) is 3.39. The Labute approximate surface area is 109 Å². The molecule has 0 aliphatic heterocycles. The van der Waals surface area contributed by atoms with Gasteiger partial charge in [-0.3, -0.25) is 4.79 Å². The summed E-state index contributed by atoms with van der Waals surface area (Å²) < 4.78 is 14.2. The first-order chi connectivity index (χ1) is 8.08. The lowest BCUT2D eigenvalue weighted by Crippen LogP contribution is -2.40. The molecule has 1 aromatic rings. The maximum absolute atomic E-state index is 13.6. The van der Waals surface area contributed by atoms with Gasteiger partial charge in [0.05, 0.1) is 5.56 Å². The van der Waals surface area contributed by atoms with Crippen LogP contribution in [-0.4, -0.2) is 11.9 Å². The second-order valence-corrected chi connectivity index (χ2v) is 5.49.